The van der Waals surface area contributed by atoms with Crippen LogP contribution in [-0.4, -0.2) is 13.1 Å². The number of hydrogen-bond donors (Lipinski definition) is 0. The molecule has 0 aliphatic heterocycles. The van der Waals surface area contributed by atoms with Crippen LogP contribution in [0.2, 0.25) is 0 Å². The van der Waals surface area contributed by atoms with Crippen LogP contribution < -0.4 is 15.9 Å². The van der Waals surface area contributed by atoms with E-state index in [1.54, 1.807) is 0 Å². The number of carbonyl (C=O) groups excluding carboxylic acids is 1. The second-order valence-electron chi connectivity index (χ2n) is 5.70. The van der Waals surface area contributed by atoms with Crippen LogP contribution in [-0.2, 0) is 11.2 Å². The SMILES string of the molecule is CCc1ccc(C(=O)OC)c(P(c2ccccc2)c2ccccc2)c1. The van der Waals surface area contributed by atoms with Gasteiger partial charge in [-0.3, -0.25) is 0 Å². The normalized spacial score (nSPS) is 10.7. The topological polar surface area (TPSA) is 26.3 Å². The average molecular weight is 348 g/mol. The van der Waals surface area contributed by atoms with Crippen molar-refractivity contribution in [2.24, 2.45) is 0 Å². The van der Waals surface area contributed by atoms with Crippen LogP contribution >= 0.6 is 7.92 Å². The fraction of sp³-hybridized carbons (Fsp3) is 0.136. The highest BCUT2D eigenvalue weighted by molar-refractivity contribution is 7.80. The molecule has 0 N–H and O–H groups in total. The predicted molar refractivity (Wildman–Crippen MR) is 106 cm³/mol. The van der Waals surface area contributed by atoms with Gasteiger partial charge in [0.25, 0.3) is 0 Å². The van der Waals surface area contributed by atoms with E-state index in [1.807, 2.05) is 24.3 Å². The third kappa shape index (κ3) is 3.81. The summed E-state index contributed by atoms with van der Waals surface area (Å²) in [7, 11) is 0.610. The van der Waals surface area contributed by atoms with E-state index in [1.165, 1.54) is 23.3 Å². The van der Waals surface area contributed by atoms with Crippen molar-refractivity contribution in [1.29, 1.82) is 0 Å². The molecule has 0 amide bonds. The van der Waals surface area contributed by atoms with Crippen LogP contribution in [0.3, 0.4) is 0 Å². The Hall–Kier alpha value is -2.44. The molecule has 0 unspecified atom stereocenters. The quantitative estimate of drug-likeness (QED) is 0.518. The Morgan fingerprint density at radius 2 is 1.44 bits per heavy atom. The third-order valence-corrected chi connectivity index (χ3v) is 6.63. The Kier molecular flexibility index (Phi) is 5.63. The number of esters is 1. The molecule has 3 rings (SSSR count). The molecular formula is C22H21O2P. The number of rotatable bonds is 5. The van der Waals surface area contributed by atoms with Gasteiger partial charge in [0.1, 0.15) is 0 Å². The summed E-state index contributed by atoms with van der Waals surface area (Å²) in [6.45, 7) is 2.13. The van der Waals surface area contributed by atoms with E-state index in [0.717, 1.165) is 11.7 Å². The second kappa shape index (κ2) is 8.09. The molecule has 0 saturated carbocycles. The van der Waals surface area contributed by atoms with Crippen LogP contribution in [0.1, 0.15) is 22.8 Å². The van der Waals surface area contributed by atoms with Crippen molar-refractivity contribution in [3.63, 3.8) is 0 Å². The van der Waals surface area contributed by atoms with Gasteiger partial charge in [-0.15, -0.1) is 0 Å². The summed E-state index contributed by atoms with van der Waals surface area (Å²) in [5.74, 6) is -0.281. The van der Waals surface area contributed by atoms with Crippen LogP contribution in [0, 0.1) is 0 Å². The number of methoxy groups -OCH3 is 1. The molecule has 3 heteroatoms. The first-order valence-electron chi connectivity index (χ1n) is 8.36. The van der Waals surface area contributed by atoms with Crippen LogP contribution in [0.25, 0.3) is 0 Å². The Bertz CT molecular complexity index is 805. The lowest BCUT2D eigenvalue weighted by Gasteiger charge is -2.22. The van der Waals surface area contributed by atoms with Gasteiger partial charge in [-0.05, 0) is 48.0 Å². The molecule has 0 aliphatic rings. The lowest BCUT2D eigenvalue weighted by molar-refractivity contribution is 0.0602. The lowest BCUT2D eigenvalue weighted by Crippen LogP contribution is -2.26. The van der Waals surface area contributed by atoms with Gasteiger partial charge in [0.2, 0.25) is 0 Å². The number of hydrogen-bond acceptors (Lipinski definition) is 2. The van der Waals surface area contributed by atoms with Crippen molar-refractivity contribution in [2.75, 3.05) is 7.11 Å². The molecule has 0 heterocycles. The highest BCUT2D eigenvalue weighted by atomic mass is 31.1. The first-order chi connectivity index (χ1) is 12.2. The lowest BCUT2D eigenvalue weighted by atomic mass is 10.1. The standard InChI is InChI=1S/C22H21O2P/c1-3-17-14-15-20(22(23)24-2)21(16-17)25(18-10-6-4-7-11-18)19-12-8-5-9-13-19/h4-16H,3H2,1-2H3. The molecule has 0 spiro atoms. The number of ether oxygens (including phenoxy) is 1. The number of benzene rings is 3. The van der Waals surface area contributed by atoms with E-state index in [2.05, 4.69) is 61.5 Å². The zero-order valence-corrected chi connectivity index (χ0v) is 15.4. The molecule has 126 valence electrons. The second-order valence-corrected chi connectivity index (χ2v) is 7.89. The van der Waals surface area contributed by atoms with Crippen molar-refractivity contribution in [1.82, 2.24) is 0 Å². The molecule has 0 atom stereocenters. The molecule has 3 aromatic carbocycles. The fourth-order valence-electron chi connectivity index (χ4n) is 2.85. The smallest absolute Gasteiger partial charge is 0.338 e. The Morgan fingerprint density at radius 1 is 0.880 bits per heavy atom. The fourth-order valence-corrected chi connectivity index (χ4v) is 5.34. The van der Waals surface area contributed by atoms with Crippen molar-refractivity contribution in [3.8, 4) is 0 Å². The molecular weight excluding hydrogens is 327 g/mol. The maximum absolute atomic E-state index is 12.4. The molecule has 0 saturated heterocycles. The first-order valence-corrected chi connectivity index (χ1v) is 9.70. The molecule has 0 aliphatic carbocycles. The van der Waals surface area contributed by atoms with Gasteiger partial charge >= 0.3 is 5.97 Å². The van der Waals surface area contributed by atoms with Gasteiger partial charge in [0, 0.05) is 0 Å². The molecule has 0 bridgehead atoms. The zero-order valence-electron chi connectivity index (χ0n) is 14.5. The van der Waals surface area contributed by atoms with E-state index in [9.17, 15) is 4.79 Å². The summed E-state index contributed by atoms with van der Waals surface area (Å²) in [5, 5.41) is 3.50. The molecule has 25 heavy (non-hydrogen) atoms. The van der Waals surface area contributed by atoms with Gasteiger partial charge in [-0.25, -0.2) is 4.79 Å². The van der Waals surface area contributed by atoms with Crippen LogP contribution in [0.15, 0.2) is 78.9 Å². The van der Waals surface area contributed by atoms with Crippen LogP contribution in [0.5, 0.6) is 0 Å². The number of aryl methyl sites for hydroxylation is 1. The highest BCUT2D eigenvalue weighted by Crippen LogP contribution is 2.34. The summed E-state index contributed by atoms with van der Waals surface area (Å²) in [6.07, 6.45) is 0.932. The van der Waals surface area contributed by atoms with E-state index in [4.69, 9.17) is 4.74 Å². The van der Waals surface area contributed by atoms with Crippen molar-refractivity contribution < 1.29 is 9.53 Å². The molecule has 2 nitrogen and oxygen atoms in total. The zero-order chi connectivity index (χ0) is 17.6. The van der Waals surface area contributed by atoms with Gasteiger partial charge in [0.15, 0.2) is 0 Å². The van der Waals surface area contributed by atoms with Crippen molar-refractivity contribution >= 4 is 29.8 Å². The molecule has 0 aromatic heterocycles. The Balaban J connectivity index is 2.24. The molecule has 0 radical (unpaired) electrons. The Labute approximate surface area is 150 Å². The van der Waals surface area contributed by atoms with E-state index in [-0.39, 0.29) is 5.97 Å². The van der Waals surface area contributed by atoms with Gasteiger partial charge in [-0.1, -0.05) is 73.7 Å². The Morgan fingerprint density at radius 3 is 1.92 bits per heavy atom. The third-order valence-electron chi connectivity index (χ3n) is 4.15. The first kappa shape index (κ1) is 17.4. The van der Waals surface area contributed by atoms with E-state index < -0.39 is 7.92 Å². The summed E-state index contributed by atoms with van der Waals surface area (Å²) in [5.41, 5.74) is 1.88. The highest BCUT2D eigenvalue weighted by Gasteiger charge is 2.23. The predicted octanol–water partition coefficient (Wildman–Crippen LogP) is 3.79. The van der Waals surface area contributed by atoms with E-state index >= 15 is 0 Å². The maximum Gasteiger partial charge on any atom is 0.338 e. The minimum atomic E-state index is -0.828. The van der Waals surface area contributed by atoms with Crippen LogP contribution in [0.4, 0.5) is 0 Å². The van der Waals surface area contributed by atoms with Gasteiger partial charge in [-0.2, -0.15) is 0 Å². The van der Waals surface area contributed by atoms with Crippen molar-refractivity contribution in [3.05, 3.63) is 90.0 Å². The van der Waals surface area contributed by atoms with Gasteiger partial charge in [0.05, 0.1) is 12.7 Å². The number of carbonyl (C=O) groups is 1. The summed E-state index contributed by atoms with van der Waals surface area (Å²) >= 11 is 0. The minimum absolute atomic E-state index is 0.281. The largest absolute Gasteiger partial charge is 0.465 e. The van der Waals surface area contributed by atoms with E-state index in [0.29, 0.717) is 5.56 Å². The molecule has 0 fully saturated rings. The van der Waals surface area contributed by atoms with Gasteiger partial charge < -0.3 is 4.74 Å². The molecule has 3 aromatic rings. The monoisotopic (exact) mass is 348 g/mol. The van der Waals surface area contributed by atoms with Crippen molar-refractivity contribution in [2.45, 2.75) is 13.3 Å². The summed E-state index contributed by atoms with van der Waals surface area (Å²) < 4.78 is 5.04. The average Bonchev–Trinajstić information content (AvgIpc) is 2.69. The summed E-state index contributed by atoms with van der Waals surface area (Å²) in [4.78, 5) is 12.4. The summed E-state index contributed by atoms with van der Waals surface area (Å²) in [6, 6.07) is 26.9. The maximum atomic E-state index is 12.4. The minimum Gasteiger partial charge on any atom is -0.465 e.